The van der Waals surface area contributed by atoms with Gasteiger partial charge in [0.25, 0.3) is 0 Å². The molecule has 2 heterocycles. The van der Waals surface area contributed by atoms with Crippen LogP contribution in [0.4, 0.5) is 35.1 Å². The van der Waals surface area contributed by atoms with E-state index in [-0.39, 0.29) is 45.1 Å². The number of aromatic nitrogens is 2. The van der Waals surface area contributed by atoms with Gasteiger partial charge in [0.05, 0.1) is 0 Å². The molecule has 0 bridgehead atoms. The number of hydrogen-bond donors (Lipinski definition) is 0. The lowest BCUT2D eigenvalue weighted by atomic mass is 9.72. The van der Waals surface area contributed by atoms with E-state index in [0.717, 1.165) is 36.4 Å². The zero-order chi connectivity index (χ0) is 29.2. The van der Waals surface area contributed by atoms with Crippen LogP contribution in [0.3, 0.4) is 0 Å². The maximum atomic E-state index is 14.8. The lowest BCUT2D eigenvalue weighted by Crippen LogP contribution is -2.54. The highest BCUT2D eigenvalue weighted by molar-refractivity contribution is 5.80. The topological polar surface area (TPSA) is 52.1 Å². The Morgan fingerprint density at radius 1 is 0.512 bits per heavy atom. The largest absolute Gasteiger partial charge is 0.436 e. The van der Waals surface area contributed by atoms with Gasteiger partial charge in [-0.05, 0) is 71.8 Å². The van der Waals surface area contributed by atoms with Crippen molar-refractivity contribution < 1.29 is 44.0 Å². The highest BCUT2D eigenvalue weighted by Crippen LogP contribution is 2.56. The zero-order valence-electron chi connectivity index (χ0n) is 20.3. The minimum atomic E-state index is -5.88. The second-order valence-corrected chi connectivity index (χ2v) is 9.17. The van der Waals surface area contributed by atoms with Crippen molar-refractivity contribution in [3.8, 4) is 22.9 Å². The van der Waals surface area contributed by atoms with Crippen LogP contribution in [0.15, 0.2) is 93.8 Å². The third kappa shape index (κ3) is 4.30. The molecule has 0 unspecified atom stereocenters. The first-order chi connectivity index (χ1) is 19.4. The number of halogens is 8. The Bertz CT molecular complexity index is 1780. The summed E-state index contributed by atoms with van der Waals surface area (Å²) >= 11 is 0. The summed E-state index contributed by atoms with van der Waals surface area (Å²) < 4.78 is 127. The standard InChI is InChI=1S/C29H14F8N2O2/c30-19-5-1-3-15(11-19)25-38-21-13-17(7-9-23(21)40-25)27(28(32,33)34,29(35,36)37)18-8-10-24-22(14-18)39-26(41-24)16-4-2-6-20(31)12-16/h1-14H. The fourth-order valence-electron chi connectivity index (χ4n) is 4.79. The Morgan fingerprint density at radius 3 is 1.29 bits per heavy atom. The number of oxazole rings is 2. The molecule has 2 aromatic heterocycles. The third-order valence-corrected chi connectivity index (χ3v) is 6.63. The van der Waals surface area contributed by atoms with Gasteiger partial charge in [-0.2, -0.15) is 26.3 Å². The monoisotopic (exact) mass is 574 g/mol. The first kappa shape index (κ1) is 26.5. The highest BCUT2D eigenvalue weighted by atomic mass is 19.4. The van der Waals surface area contributed by atoms with Crippen molar-refractivity contribution in [1.82, 2.24) is 9.97 Å². The molecular formula is C29H14F8N2O2. The van der Waals surface area contributed by atoms with Gasteiger partial charge in [-0.25, -0.2) is 18.7 Å². The molecule has 6 rings (SSSR count). The van der Waals surface area contributed by atoms with Crippen LogP contribution in [0.2, 0.25) is 0 Å². The van der Waals surface area contributed by atoms with Crippen molar-refractivity contribution in [2.45, 2.75) is 17.8 Å². The van der Waals surface area contributed by atoms with E-state index < -0.39 is 40.5 Å². The number of hydrogen-bond acceptors (Lipinski definition) is 4. The second kappa shape index (κ2) is 9.15. The van der Waals surface area contributed by atoms with Crippen molar-refractivity contribution in [2.75, 3.05) is 0 Å². The van der Waals surface area contributed by atoms with Gasteiger partial charge in [0, 0.05) is 11.1 Å². The van der Waals surface area contributed by atoms with Crippen molar-refractivity contribution in [2.24, 2.45) is 0 Å². The van der Waals surface area contributed by atoms with Crippen LogP contribution < -0.4 is 0 Å². The van der Waals surface area contributed by atoms with Crippen molar-refractivity contribution >= 4 is 22.2 Å². The average molecular weight is 574 g/mol. The van der Waals surface area contributed by atoms with E-state index in [2.05, 4.69) is 9.97 Å². The fraction of sp³-hybridized carbons (Fsp3) is 0.103. The Hall–Kier alpha value is -4.74. The van der Waals surface area contributed by atoms with Crippen molar-refractivity contribution in [3.05, 3.63) is 108 Å². The number of nitrogens with zero attached hydrogens (tertiary/aromatic N) is 2. The quantitative estimate of drug-likeness (QED) is 0.197. The molecule has 0 fully saturated rings. The summed E-state index contributed by atoms with van der Waals surface area (Å²) in [6, 6.07) is 14.5. The second-order valence-electron chi connectivity index (χ2n) is 9.17. The van der Waals surface area contributed by atoms with Crippen LogP contribution >= 0.6 is 0 Å². The van der Waals surface area contributed by atoms with Crippen LogP contribution in [0.25, 0.3) is 45.1 Å². The van der Waals surface area contributed by atoms with Crippen LogP contribution in [-0.4, -0.2) is 22.3 Å². The van der Waals surface area contributed by atoms with Gasteiger partial charge >= 0.3 is 12.4 Å². The molecule has 0 radical (unpaired) electrons. The normalized spacial score (nSPS) is 12.9. The minimum Gasteiger partial charge on any atom is -0.436 e. The molecule has 12 heteroatoms. The number of fused-ring (bicyclic) bond motifs is 2. The molecule has 208 valence electrons. The summed E-state index contributed by atoms with van der Waals surface area (Å²) in [7, 11) is 0. The molecule has 0 aliphatic carbocycles. The van der Waals surface area contributed by atoms with Gasteiger partial charge in [0.15, 0.2) is 11.2 Å². The maximum absolute atomic E-state index is 14.8. The number of benzene rings is 4. The summed E-state index contributed by atoms with van der Waals surface area (Å²) in [5, 5.41) is 0. The molecule has 0 aliphatic heterocycles. The summed E-state index contributed by atoms with van der Waals surface area (Å²) in [6.07, 6.45) is -11.8. The van der Waals surface area contributed by atoms with Gasteiger partial charge < -0.3 is 8.83 Å². The first-order valence-electron chi connectivity index (χ1n) is 11.8. The van der Waals surface area contributed by atoms with Crippen LogP contribution in [0, 0.1) is 11.6 Å². The molecular weight excluding hydrogens is 560 g/mol. The lowest BCUT2D eigenvalue weighted by Gasteiger charge is -2.38. The average Bonchev–Trinajstić information content (AvgIpc) is 3.51. The van der Waals surface area contributed by atoms with Gasteiger partial charge in [0.1, 0.15) is 22.7 Å². The molecule has 0 atom stereocenters. The SMILES string of the molecule is Fc1cccc(-c2nc3cc(C(c4ccc5oc(-c6cccc(F)c6)nc5c4)(C(F)(F)F)C(F)(F)F)ccc3o2)c1. The Labute approximate surface area is 224 Å². The van der Waals surface area contributed by atoms with E-state index in [1.165, 1.54) is 24.3 Å². The summed E-state index contributed by atoms with van der Waals surface area (Å²) in [6.45, 7) is 0. The van der Waals surface area contributed by atoms with E-state index in [4.69, 9.17) is 8.83 Å². The molecule has 0 saturated heterocycles. The molecule has 4 aromatic carbocycles. The predicted molar refractivity (Wildman–Crippen MR) is 132 cm³/mol. The van der Waals surface area contributed by atoms with E-state index >= 15 is 0 Å². The lowest BCUT2D eigenvalue weighted by molar-refractivity contribution is -0.288. The van der Waals surface area contributed by atoms with Crippen LogP contribution in [0.1, 0.15) is 11.1 Å². The smallest absolute Gasteiger partial charge is 0.411 e. The predicted octanol–water partition coefficient (Wildman–Crippen LogP) is 8.99. The minimum absolute atomic E-state index is 0.0991. The molecule has 0 saturated carbocycles. The van der Waals surface area contributed by atoms with E-state index in [1.807, 2.05) is 0 Å². The summed E-state index contributed by atoms with van der Waals surface area (Å²) in [4.78, 5) is 8.05. The Balaban J connectivity index is 1.54. The van der Waals surface area contributed by atoms with Gasteiger partial charge in [-0.3, -0.25) is 0 Å². The summed E-state index contributed by atoms with van der Waals surface area (Å²) in [5.74, 6) is -1.64. The van der Waals surface area contributed by atoms with Crippen LogP contribution in [0.5, 0.6) is 0 Å². The fourth-order valence-corrected chi connectivity index (χ4v) is 4.79. The molecule has 0 spiro atoms. The van der Waals surface area contributed by atoms with E-state index in [1.54, 1.807) is 0 Å². The molecule has 41 heavy (non-hydrogen) atoms. The molecule has 4 nitrogen and oxygen atoms in total. The third-order valence-electron chi connectivity index (χ3n) is 6.63. The van der Waals surface area contributed by atoms with Crippen molar-refractivity contribution in [1.29, 1.82) is 0 Å². The van der Waals surface area contributed by atoms with Crippen molar-refractivity contribution in [3.63, 3.8) is 0 Å². The zero-order valence-corrected chi connectivity index (χ0v) is 20.3. The Morgan fingerprint density at radius 2 is 0.927 bits per heavy atom. The number of rotatable bonds is 4. The van der Waals surface area contributed by atoms with Gasteiger partial charge in [-0.1, -0.05) is 24.3 Å². The molecule has 0 aliphatic rings. The number of alkyl halides is 6. The summed E-state index contributed by atoms with van der Waals surface area (Å²) in [5.41, 5.74) is -7.34. The van der Waals surface area contributed by atoms with E-state index in [9.17, 15) is 35.1 Å². The molecule has 6 aromatic rings. The van der Waals surface area contributed by atoms with Gasteiger partial charge in [0.2, 0.25) is 17.2 Å². The Kier molecular flexibility index (Phi) is 5.91. The van der Waals surface area contributed by atoms with Gasteiger partial charge in [-0.15, -0.1) is 0 Å². The molecule has 0 N–H and O–H groups in total. The molecule has 0 amide bonds. The van der Waals surface area contributed by atoms with Crippen LogP contribution in [-0.2, 0) is 5.41 Å². The highest BCUT2D eigenvalue weighted by Gasteiger charge is 2.72. The van der Waals surface area contributed by atoms with E-state index in [0.29, 0.717) is 24.3 Å². The first-order valence-corrected chi connectivity index (χ1v) is 11.8. The maximum Gasteiger partial charge on any atom is 0.411 e.